The van der Waals surface area contributed by atoms with Gasteiger partial charge in [-0.3, -0.25) is 0 Å². The molecule has 0 radical (unpaired) electrons. The number of rotatable bonds is 4. The molecule has 0 heterocycles. The predicted octanol–water partition coefficient (Wildman–Crippen LogP) is 3.51. The van der Waals surface area contributed by atoms with Gasteiger partial charge in [-0.05, 0) is 32.9 Å². The highest BCUT2D eigenvalue weighted by atomic mass is 32.2. The fraction of sp³-hybridized carbons (Fsp3) is 0.462. The van der Waals surface area contributed by atoms with Crippen LogP contribution >= 0.6 is 0 Å². The Morgan fingerprint density at radius 3 is 2.50 bits per heavy atom. The normalized spacial score (nSPS) is 14.6. The highest BCUT2D eigenvalue weighted by Crippen LogP contribution is 2.20. The van der Waals surface area contributed by atoms with E-state index >= 15 is 0 Å². The molecule has 0 saturated heterocycles. The molecular formula is C13H16F3NO2S. The smallest absolute Gasteiger partial charge is 0.422 e. The lowest BCUT2D eigenvalue weighted by atomic mass is 10.2. The van der Waals surface area contributed by atoms with Gasteiger partial charge in [-0.25, -0.2) is 0 Å². The van der Waals surface area contributed by atoms with Gasteiger partial charge in [0.05, 0.1) is 6.21 Å². The molecule has 0 aliphatic carbocycles. The van der Waals surface area contributed by atoms with Crippen molar-refractivity contribution in [2.45, 2.75) is 31.7 Å². The number of nitrogens with zero attached hydrogens (tertiary/aromatic N) is 1. The molecule has 0 aliphatic heterocycles. The topological polar surface area (TPSA) is 44.7 Å². The van der Waals surface area contributed by atoms with Gasteiger partial charge in [0.25, 0.3) is 0 Å². The molecule has 3 nitrogen and oxygen atoms in total. The molecule has 1 aromatic carbocycles. The number of hydrogen-bond acceptors (Lipinski definition) is 3. The first kappa shape index (κ1) is 16.8. The van der Waals surface area contributed by atoms with E-state index < -0.39 is 28.9 Å². The zero-order valence-electron chi connectivity index (χ0n) is 11.4. The van der Waals surface area contributed by atoms with E-state index in [2.05, 4.69) is 9.13 Å². The summed E-state index contributed by atoms with van der Waals surface area (Å²) in [5.41, 5.74) is 0.530. The van der Waals surface area contributed by atoms with Crippen molar-refractivity contribution in [3.8, 4) is 5.75 Å². The Morgan fingerprint density at radius 2 is 1.95 bits per heavy atom. The molecule has 20 heavy (non-hydrogen) atoms. The number of benzene rings is 1. The number of hydrogen-bond donors (Lipinski definition) is 0. The molecule has 0 spiro atoms. The van der Waals surface area contributed by atoms with E-state index in [0.717, 1.165) is 0 Å². The molecule has 0 aliphatic rings. The van der Waals surface area contributed by atoms with E-state index in [-0.39, 0.29) is 5.75 Å². The molecule has 1 aromatic rings. The monoisotopic (exact) mass is 307 g/mol. The lowest BCUT2D eigenvalue weighted by Gasteiger charge is -2.17. The van der Waals surface area contributed by atoms with Crippen LogP contribution in [0.3, 0.4) is 0 Å². The number of ether oxygens (including phenoxy) is 1. The third-order valence-electron chi connectivity index (χ3n) is 2.08. The van der Waals surface area contributed by atoms with Crippen LogP contribution in [0, 0.1) is 0 Å². The summed E-state index contributed by atoms with van der Waals surface area (Å²) in [6.07, 6.45) is -3.01. The Kier molecular flexibility index (Phi) is 5.47. The molecule has 0 unspecified atom stereocenters. The Labute approximate surface area is 119 Å². The maximum atomic E-state index is 12.0. The molecule has 0 saturated carbocycles. The summed E-state index contributed by atoms with van der Waals surface area (Å²) in [6.45, 7) is 4.00. The Bertz CT molecular complexity index is 469. The van der Waals surface area contributed by atoms with Crippen molar-refractivity contribution >= 4 is 17.6 Å². The van der Waals surface area contributed by atoms with Crippen LogP contribution in [0.4, 0.5) is 13.2 Å². The fourth-order valence-corrected chi connectivity index (χ4v) is 1.65. The average molecular weight is 307 g/mol. The second-order valence-corrected chi connectivity index (χ2v) is 7.01. The molecule has 112 valence electrons. The van der Waals surface area contributed by atoms with Crippen molar-refractivity contribution in [3.63, 3.8) is 0 Å². The molecule has 0 aromatic heterocycles. The zero-order valence-corrected chi connectivity index (χ0v) is 12.2. The highest BCUT2D eigenvalue weighted by molar-refractivity contribution is 7.91. The van der Waals surface area contributed by atoms with Crippen LogP contribution in [0.1, 0.15) is 26.3 Å². The van der Waals surface area contributed by atoms with Crippen molar-refractivity contribution in [2.24, 2.45) is 4.40 Å². The van der Waals surface area contributed by atoms with E-state index in [1.54, 1.807) is 32.9 Å². The molecule has 0 amide bonds. The summed E-state index contributed by atoms with van der Waals surface area (Å²) >= 11 is -1.41. The summed E-state index contributed by atoms with van der Waals surface area (Å²) < 4.78 is 55.8. The van der Waals surface area contributed by atoms with Crippen molar-refractivity contribution in [3.05, 3.63) is 29.8 Å². The third kappa shape index (κ3) is 6.29. The van der Waals surface area contributed by atoms with Gasteiger partial charge in [0, 0.05) is 5.56 Å². The Balaban J connectivity index is 2.71. The first-order valence-electron chi connectivity index (χ1n) is 5.83. The Hall–Kier alpha value is -1.21. The van der Waals surface area contributed by atoms with Gasteiger partial charge in [0.15, 0.2) is 6.61 Å². The maximum Gasteiger partial charge on any atom is 0.422 e. The van der Waals surface area contributed by atoms with Crippen LogP contribution in [0.25, 0.3) is 0 Å². The van der Waals surface area contributed by atoms with Crippen LogP contribution < -0.4 is 4.74 Å². The summed E-state index contributed by atoms with van der Waals surface area (Å²) in [6, 6.07) is 6.02. The van der Waals surface area contributed by atoms with Gasteiger partial charge in [0.2, 0.25) is 0 Å². The van der Waals surface area contributed by atoms with Gasteiger partial charge in [-0.15, -0.1) is 0 Å². The molecular weight excluding hydrogens is 291 g/mol. The van der Waals surface area contributed by atoms with E-state index in [1.807, 2.05) is 0 Å². The standard InChI is InChI=1S/C13H16F3NO2S/c1-12(2,3)20(18)17-8-10-5-4-6-11(7-10)19-9-13(14,15)16/h4-8H,9H2,1-3H3/b17-8+/t20-/m1/s1. The SMILES string of the molecule is CC(C)(C)[S@@+]([O-])/N=C/c1cccc(OCC(F)(F)F)c1. The second kappa shape index (κ2) is 6.49. The number of alkyl halides is 3. The Morgan fingerprint density at radius 1 is 1.30 bits per heavy atom. The predicted molar refractivity (Wildman–Crippen MR) is 73.5 cm³/mol. The summed E-state index contributed by atoms with van der Waals surface area (Å²) in [5.74, 6) is 0.0906. The largest absolute Gasteiger partial charge is 0.591 e. The molecule has 0 bridgehead atoms. The minimum Gasteiger partial charge on any atom is -0.591 e. The van der Waals surface area contributed by atoms with E-state index in [9.17, 15) is 17.7 Å². The molecule has 1 atom stereocenters. The van der Waals surface area contributed by atoms with Crippen LogP contribution in [-0.2, 0) is 11.4 Å². The molecule has 7 heteroatoms. The fourth-order valence-electron chi connectivity index (χ4n) is 1.12. The number of halogens is 3. The minimum atomic E-state index is -4.38. The van der Waals surface area contributed by atoms with E-state index in [1.165, 1.54) is 18.3 Å². The van der Waals surface area contributed by atoms with Gasteiger partial charge in [-0.2, -0.15) is 13.2 Å². The highest BCUT2D eigenvalue weighted by Gasteiger charge is 2.28. The second-order valence-electron chi connectivity index (χ2n) is 5.07. The van der Waals surface area contributed by atoms with Crippen molar-refractivity contribution in [2.75, 3.05) is 6.61 Å². The zero-order chi connectivity index (χ0) is 15.4. The van der Waals surface area contributed by atoms with Crippen molar-refractivity contribution in [1.29, 1.82) is 0 Å². The van der Waals surface area contributed by atoms with E-state index in [4.69, 9.17) is 0 Å². The molecule has 1 rings (SSSR count). The van der Waals surface area contributed by atoms with Crippen LogP contribution in [0.2, 0.25) is 0 Å². The summed E-state index contributed by atoms with van der Waals surface area (Å²) in [7, 11) is 0. The van der Waals surface area contributed by atoms with Gasteiger partial charge < -0.3 is 9.29 Å². The van der Waals surface area contributed by atoms with Crippen LogP contribution in [-0.4, -0.2) is 28.3 Å². The quantitative estimate of drug-likeness (QED) is 0.631. The first-order valence-corrected chi connectivity index (χ1v) is 6.94. The van der Waals surface area contributed by atoms with E-state index in [0.29, 0.717) is 5.56 Å². The van der Waals surface area contributed by atoms with Gasteiger partial charge in [0.1, 0.15) is 21.9 Å². The van der Waals surface area contributed by atoms with Gasteiger partial charge in [-0.1, -0.05) is 16.5 Å². The third-order valence-corrected chi connectivity index (χ3v) is 3.43. The maximum absolute atomic E-state index is 12.0. The van der Waals surface area contributed by atoms with Crippen LogP contribution in [0.15, 0.2) is 28.7 Å². The first-order chi connectivity index (χ1) is 9.08. The lowest BCUT2D eigenvalue weighted by Crippen LogP contribution is -2.25. The lowest BCUT2D eigenvalue weighted by molar-refractivity contribution is -0.153. The average Bonchev–Trinajstić information content (AvgIpc) is 2.32. The van der Waals surface area contributed by atoms with Crippen molar-refractivity contribution < 1.29 is 22.5 Å². The van der Waals surface area contributed by atoms with Gasteiger partial charge >= 0.3 is 6.18 Å². The van der Waals surface area contributed by atoms with Crippen LogP contribution in [0.5, 0.6) is 5.75 Å². The summed E-state index contributed by atoms with van der Waals surface area (Å²) in [5, 5.41) is 0. The molecule has 0 N–H and O–H groups in total. The summed E-state index contributed by atoms with van der Waals surface area (Å²) in [4.78, 5) is 0. The van der Waals surface area contributed by atoms with Crippen molar-refractivity contribution in [1.82, 2.24) is 0 Å². The molecule has 0 fully saturated rings. The minimum absolute atomic E-state index is 0.0906.